The molecule has 0 bridgehead atoms. The van der Waals surface area contributed by atoms with E-state index in [9.17, 15) is 9.59 Å². The standard InChI is InChI=1S/C20H31N3O4.ClH/c1-4-18(20(26)21-15-7-9-17(27-3)10-8-15)23-12-5-6-16(11-13-23)22(2)14-19(24)25;/h7-10,16,18H,4-6,11-14H2,1-3H3,(H,21,26)(H,24,25);1H. The largest absolute Gasteiger partial charge is 0.497 e. The molecular formula is C20H32ClN3O4. The van der Waals surface area contributed by atoms with Gasteiger partial charge in [-0.05, 0) is 63.5 Å². The number of carbonyl (C=O) groups excluding carboxylic acids is 1. The third-order valence-corrected chi connectivity index (χ3v) is 5.23. The van der Waals surface area contributed by atoms with Gasteiger partial charge in [-0.15, -0.1) is 12.4 Å². The lowest BCUT2D eigenvalue weighted by atomic mass is 10.1. The Balaban J connectivity index is 0.00000392. The predicted molar refractivity (Wildman–Crippen MR) is 112 cm³/mol. The molecule has 158 valence electrons. The third kappa shape index (κ3) is 6.96. The van der Waals surface area contributed by atoms with Crippen molar-refractivity contribution in [2.45, 2.75) is 44.7 Å². The summed E-state index contributed by atoms with van der Waals surface area (Å²) in [6.07, 6.45) is 3.52. The molecule has 0 spiro atoms. The van der Waals surface area contributed by atoms with Gasteiger partial charge in [0.05, 0.1) is 19.7 Å². The second-order valence-electron chi connectivity index (χ2n) is 7.07. The molecule has 2 N–H and O–H groups in total. The van der Waals surface area contributed by atoms with Crippen LogP contribution in [0.2, 0.25) is 0 Å². The number of ether oxygens (including phenoxy) is 1. The monoisotopic (exact) mass is 413 g/mol. The molecule has 1 amide bonds. The smallest absolute Gasteiger partial charge is 0.317 e. The van der Waals surface area contributed by atoms with Gasteiger partial charge in [0.15, 0.2) is 0 Å². The number of nitrogens with zero attached hydrogens (tertiary/aromatic N) is 2. The molecule has 2 atom stereocenters. The molecule has 0 saturated carbocycles. The molecule has 1 heterocycles. The minimum atomic E-state index is -0.802. The minimum Gasteiger partial charge on any atom is -0.497 e. The highest BCUT2D eigenvalue weighted by Gasteiger charge is 2.28. The maximum absolute atomic E-state index is 12.8. The van der Waals surface area contributed by atoms with E-state index in [1.165, 1.54) is 0 Å². The Bertz CT molecular complexity index is 626. The zero-order valence-corrected chi connectivity index (χ0v) is 17.7. The molecule has 1 aromatic rings. The van der Waals surface area contributed by atoms with Gasteiger partial charge in [-0.3, -0.25) is 19.4 Å². The zero-order chi connectivity index (χ0) is 19.8. The Hall–Kier alpha value is -1.83. The van der Waals surface area contributed by atoms with Gasteiger partial charge in [0, 0.05) is 18.3 Å². The Morgan fingerprint density at radius 1 is 1.29 bits per heavy atom. The molecule has 2 rings (SSSR count). The van der Waals surface area contributed by atoms with Crippen LogP contribution in [0.5, 0.6) is 5.75 Å². The minimum absolute atomic E-state index is 0. The fourth-order valence-corrected chi connectivity index (χ4v) is 3.71. The van der Waals surface area contributed by atoms with E-state index in [1.807, 2.05) is 43.1 Å². The van der Waals surface area contributed by atoms with Crippen LogP contribution in [0, 0.1) is 0 Å². The zero-order valence-electron chi connectivity index (χ0n) is 16.9. The lowest BCUT2D eigenvalue weighted by molar-refractivity contribution is -0.138. The van der Waals surface area contributed by atoms with Crippen molar-refractivity contribution in [2.24, 2.45) is 0 Å². The van der Waals surface area contributed by atoms with E-state index in [1.54, 1.807) is 7.11 Å². The predicted octanol–water partition coefficient (Wildman–Crippen LogP) is 2.71. The quantitative estimate of drug-likeness (QED) is 0.681. The van der Waals surface area contributed by atoms with Crippen molar-refractivity contribution in [3.63, 3.8) is 0 Å². The van der Waals surface area contributed by atoms with Crippen molar-refractivity contribution >= 4 is 30.0 Å². The number of carbonyl (C=O) groups is 2. The molecule has 7 nitrogen and oxygen atoms in total. The topological polar surface area (TPSA) is 82.1 Å². The number of hydrogen-bond acceptors (Lipinski definition) is 5. The highest BCUT2D eigenvalue weighted by Crippen LogP contribution is 2.20. The summed E-state index contributed by atoms with van der Waals surface area (Å²) < 4.78 is 5.14. The molecule has 28 heavy (non-hydrogen) atoms. The summed E-state index contributed by atoms with van der Waals surface area (Å²) in [5.74, 6) is -0.0482. The van der Waals surface area contributed by atoms with Crippen LogP contribution in [0.3, 0.4) is 0 Å². The number of likely N-dealkylation sites (N-methyl/N-ethyl adjacent to an activating group) is 1. The Morgan fingerprint density at radius 3 is 2.54 bits per heavy atom. The van der Waals surface area contributed by atoms with E-state index in [4.69, 9.17) is 9.84 Å². The van der Waals surface area contributed by atoms with Gasteiger partial charge in [0.1, 0.15) is 5.75 Å². The number of carboxylic acids is 1. The number of aliphatic carboxylic acids is 1. The fraction of sp³-hybridized carbons (Fsp3) is 0.600. The Kier molecular flexibility index (Phi) is 10.3. The fourth-order valence-electron chi connectivity index (χ4n) is 3.71. The summed E-state index contributed by atoms with van der Waals surface area (Å²) in [6, 6.07) is 7.38. The van der Waals surface area contributed by atoms with E-state index in [0.717, 1.165) is 50.2 Å². The number of rotatable bonds is 8. The van der Waals surface area contributed by atoms with Gasteiger partial charge in [-0.2, -0.15) is 0 Å². The molecule has 1 saturated heterocycles. The van der Waals surface area contributed by atoms with E-state index in [2.05, 4.69) is 10.2 Å². The van der Waals surface area contributed by atoms with Crippen LogP contribution >= 0.6 is 12.4 Å². The van der Waals surface area contributed by atoms with E-state index in [-0.39, 0.29) is 36.9 Å². The van der Waals surface area contributed by atoms with Crippen molar-refractivity contribution in [3.8, 4) is 5.75 Å². The summed E-state index contributed by atoms with van der Waals surface area (Å²) in [4.78, 5) is 27.9. The number of benzene rings is 1. The maximum atomic E-state index is 12.8. The molecule has 0 radical (unpaired) electrons. The molecular weight excluding hydrogens is 382 g/mol. The number of hydrogen-bond donors (Lipinski definition) is 2. The second kappa shape index (κ2) is 11.9. The van der Waals surface area contributed by atoms with Crippen molar-refractivity contribution in [3.05, 3.63) is 24.3 Å². The van der Waals surface area contributed by atoms with E-state index < -0.39 is 5.97 Å². The first-order valence-electron chi connectivity index (χ1n) is 9.55. The van der Waals surface area contributed by atoms with Gasteiger partial charge < -0.3 is 15.2 Å². The summed E-state index contributed by atoms with van der Waals surface area (Å²) in [5.41, 5.74) is 0.758. The number of halogens is 1. The van der Waals surface area contributed by atoms with E-state index >= 15 is 0 Å². The number of carboxylic acid groups (broad SMARTS) is 1. The van der Waals surface area contributed by atoms with Gasteiger partial charge in [-0.25, -0.2) is 0 Å². The molecule has 2 unspecified atom stereocenters. The molecule has 8 heteroatoms. The lowest BCUT2D eigenvalue weighted by Crippen LogP contribution is -2.44. The third-order valence-electron chi connectivity index (χ3n) is 5.23. The Morgan fingerprint density at radius 2 is 1.96 bits per heavy atom. The molecule has 1 aliphatic rings. The number of likely N-dealkylation sites (tertiary alicyclic amines) is 1. The van der Waals surface area contributed by atoms with Crippen molar-refractivity contribution in [1.29, 1.82) is 0 Å². The summed E-state index contributed by atoms with van der Waals surface area (Å²) >= 11 is 0. The number of anilines is 1. The summed E-state index contributed by atoms with van der Waals surface area (Å²) in [7, 11) is 3.48. The van der Waals surface area contributed by atoms with Crippen LogP contribution in [-0.2, 0) is 9.59 Å². The molecule has 1 aliphatic heterocycles. The molecule has 1 fully saturated rings. The SMILES string of the molecule is CCC(C(=O)Nc1ccc(OC)cc1)N1CCCC(N(C)CC(=O)O)CC1.Cl. The Labute approximate surface area is 173 Å². The highest BCUT2D eigenvalue weighted by molar-refractivity contribution is 5.94. The van der Waals surface area contributed by atoms with Crippen molar-refractivity contribution in [1.82, 2.24) is 9.80 Å². The van der Waals surface area contributed by atoms with Crippen LogP contribution in [0.1, 0.15) is 32.6 Å². The van der Waals surface area contributed by atoms with E-state index in [0.29, 0.717) is 0 Å². The molecule has 0 aromatic heterocycles. The number of methoxy groups -OCH3 is 1. The van der Waals surface area contributed by atoms with Crippen molar-refractivity contribution < 1.29 is 19.4 Å². The summed E-state index contributed by atoms with van der Waals surface area (Å²) in [5, 5.41) is 12.0. The van der Waals surface area contributed by atoms with Crippen LogP contribution < -0.4 is 10.1 Å². The molecule has 1 aromatic carbocycles. The van der Waals surface area contributed by atoms with Gasteiger partial charge in [-0.1, -0.05) is 6.92 Å². The van der Waals surface area contributed by atoms with Gasteiger partial charge in [0.2, 0.25) is 5.91 Å². The molecule has 0 aliphatic carbocycles. The normalized spacial score (nSPS) is 18.6. The highest BCUT2D eigenvalue weighted by atomic mass is 35.5. The first-order chi connectivity index (χ1) is 12.9. The van der Waals surface area contributed by atoms with Crippen LogP contribution in [-0.4, -0.2) is 72.7 Å². The second-order valence-corrected chi connectivity index (χ2v) is 7.07. The summed E-state index contributed by atoms with van der Waals surface area (Å²) in [6.45, 7) is 3.73. The lowest BCUT2D eigenvalue weighted by Gasteiger charge is -2.29. The van der Waals surface area contributed by atoms with Crippen LogP contribution in [0.25, 0.3) is 0 Å². The first-order valence-corrected chi connectivity index (χ1v) is 9.55. The first kappa shape index (κ1) is 24.2. The number of amides is 1. The van der Waals surface area contributed by atoms with Crippen LogP contribution in [0.4, 0.5) is 5.69 Å². The average Bonchev–Trinajstić information content (AvgIpc) is 2.89. The average molecular weight is 414 g/mol. The van der Waals surface area contributed by atoms with Gasteiger partial charge >= 0.3 is 5.97 Å². The maximum Gasteiger partial charge on any atom is 0.317 e. The van der Waals surface area contributed by atoms with Crippen molar-refractivity contribution in [2.75, 3.05) is 39.1 Å². The van der Waals surface area contributed by atoms with Gasteiger partial charge in [0.25, 0.3) is 0 Å². The van der Waals surface area contributed by atoms with Crippen LogP contribution in [0.15, 0.2) is 24.3 Å². The number of nitrogens with one attached hydrogen (secondary N) is 1.